The number of carbonyl (C=O) groups excluding carboxylic acids is 1. The number of hydrogen-bond acceptors (Lipinski definition) is 5. The topological polar surface area (TPSA) is 76.7 Å². The SMILES string of the molecule is C/C(=N\NC(=O)COc1ccc(C)cc1-c1ccno1)c1ccccc1. The van der Waals surface area contributed by atoms with Crippen LogP contribution in [0.1, 0.15) is 18.1 Å². The Morgan fingerprint density at radius 1 is 1.19 bits per heavy atom. The normalized spacial score (nSPS) is 11.2. The van der Waals surface area contributed by atoms with Gasteiger partial charge in [-0.1, -0.05) is 47.1 Å². The highest BCUT2D eigenvalue weighted by molar-refractivity contribution is 5.99. The fourth-order valence-electron chi connectivity index (χ4n) is 2.38. The van der Waals surface area contributed by atoms with Crippen molar-refractivity contribution in [2.24, 2.45) is 5.10 Å². The molecule has 0 unspecified atom stereocenters. The Morgan fingerprint density at radius 3 is 2.73 bits per heavy atom. The first-order valence-electron chi connectivity index (χ1n) is 8.16. The third kappa shape index (κ3) is 4.36. The van der Waals surface area contributed by atoms with Gasteiger partial charge in [0.25, 0.3) is 5.91 Å². The van der Waals surface area contributed by atoms with Crippen LogP contribution >= 0.6 is 0 Å². The summed E-state index contributed by atoms with van der Waals surface area (Å²) in [4.78, 5) is 12.0. The molecule has 6 heteroatoms. The van der Waals surface area contributed by atoms with E-state index in [1.54, 1.807) is 18.3 Å². The van der Waals surface area contributed by atoms with Gasteiger partial charge in [-0.25, -0.2) is 5.43 Å². The highest BCUT2D eigenvalue weighted by Gasteiger charge is 2.12. The Kier molecular flexibility index (Phi) is 5.43. The molecule has 2 aromatic carbocycles. The Labute approximate surface area is 151 Å². The number of nitrogens with one attached hydrogen (secondary N) is 1. The smallest absolute Gasteiger partial charge is 0.277 e. The maximum atomic E-state index is 12.0. The molecule has 0 fully saturated rings. The Bertz CT molecular complexity index is 903. The van der Waals surface area contributed by atoms with E-state index in [1.165, 1.54) is 0 Å². The number of hydrazone groups is 1. The molecule has 0 aliphatic heterocycles. The molecule has 0 aliphatic carbocycles. The third-order valence-corrected chi connectivity index (χ3v) is 3.74. The van der Waals surface area contributed by atoms with Crippen LogP contribution in [0.2, 0.25) is 0 Å². The lowest BCUT2D eigenvalue weighted by Crippen LogP contribution is -2.25. The number of nitrogens with zero attached hydrogens (tertiary/aromatic N) is 2. The molecule has 26 heavy (non-hydrogen) atoms. The van der Waals surface area contributed by atoms with E-state index < -0.39 is 0 Å². The minimum atomic E-state index is -0.343. The van der Waals surface area contributed by atoms with Crippen molar-refractivity contribution < 1.29 is 14.1 Å². The van der Waals surface area contributed by atoms with Crippen molar-refractivity contribution in [3.05, 3.63) is 71.9 Å². The zero-order chi connectivity index (χ0) is 18.4. The molecule has 6 nitrogen and oxygen atoms in total. The number of hydrogen-bond donors (Lipinski definition) is 1. The van der Waals surface area contributed by atoms with Crippen molar-refractivity contribution in [2.75, 3.05) is 6.61 Å². The first kappa shape index (κ1) is 17.4. The van der Waals surface area contributed by atoms with E-state index in [-0.39, 0.29) is 12.5 Å². The van der Waals surface area contributed by atoms with Crippen molar-refractivity contribution in [2.45, 2.75) is 13.8 Å². The lowest BCUT2D eigenvalue weighted by Gasteiger charge is -2.10. The largest absolute Gasteiger partial charge is 0.483 e. The van der Waals surface area contributed by atoms with Crippen molar-refractivity contribution in [1.82, 2.24) is 10.6 Å². The number of amides is 1. The first-order chi connectivity index (χ1) is 12.6. The van der Waals surface area contributed by atoms with Crippen LogP contribution in [0.5, 0.6) is 5.75 Å². The lowest BCUT2D eigenvalue weighted by molar-refractivity contribution is -0.123. The summed E-state index contributed by atoms with van der Waals surface area (Å²) >= 11 is 0. The predicted molar refractivity (Wildman–Crippen MR) is 99.0 cm³/mol. The van der Waals surface area contributed by atoms with E-state index >= 15 is 0 Å². The summed E-state index contributed by atoms with van der Waals surface area (Å²) in [6, 6.07) is 17.0. The molecule has 0 saturated carbocycles. The summed E-state index contributed by atoms with van der Waals surface area (Å²) in [5, 5.41) is 7.82. The average molecular weight is 349 g/mol. The van der Waals surface area contributed by atoms with Gasteiger partial charge in [-0.15, -0.1) is 0 Å². The fourth-order valence-corrected chi connectivity index (χ4v) is 2.38. The van der Waals surface area contributed by atoms with Gasteiger partial charge in [0.1, 0.15) is 5.75 Å². The Balaban J connectivity index is 1.63. The van der Waals surface area contributed by atoms with Gasteiger partial charge in [-0.05, 0) is 31.5 Å². The minimum Gasteiger partial charge on any atom is -0.483 e. The number of rotatable bonds is 6. The van der Waals surface area contributed by atoms with Crippen molar-refractivity contribution in [3.63, 3.8) is 0 Å². The Hall–Kier alpha value is -3.41. The molecular formula is C20H19N3O3. The molecule has 0 aliphatic rings. The summed E-state index contributed by atoms with van der Waals surface area (Å²) in [6.07, 6.45) is 1.56. The second kappa shape index (κ2) is 8.11. The van der Waals surface area contributed by atoms with Crippen LogP contribution in [-0.4, -0.2) is 23.4 Å². The molecule has 1 N–H and O–H groups in total. The van der Waals surface area contributed by atoms with Crippen LogP contribution in [0.4, 0.5) is 0 Å². The molecule has 0 bridgehead atoms. The van der Waals surface area contributed by atoms with E-state index in [0.717, 1.165) is 22.4 Å². The first-order valence-corrected chi connectivity index (χ1v) is 8.16. The van der Waals surface area contributed by atoms with Gasteiger partial charge in [-0.3, -0.25) is 4.79 Å². The number of aromatic nitrogens is 1. The van der Waals surface area contributed by atoms with E-state index in [1.807, 2.05) is 56.3 Å². The standard InChI is InChI=1S/C20H19N3O3/c1-14-8-9-18(17(12-14)19-10-11-21-26-19)25-13-20(24)23-22-15(2)16-6-4-3-5-7-16/h3-12H,13H2,1-2H3,(H,23,24)/b22-15+. The predicted octanol–water partition coefficient (Wildman–Crippen LogP) is 3.57. The van der Waals surface area contributed by atoms with E-state index in [2.05, 4.69) is 15.7 Å². The van der Waals surface area contributed by atoms with Crippen LogP contribution in [-0.2, 0) is 4.79 Å². The van der Waals surface area contributed by atoms with Gasteiger partial charge in [0.2, 0.25) is 0 Å². The average Bonchev–Trinajstić information content (AvgIpc) is 3.20. The molecule has 1 aromatic heterocycles. The van der Waals surface area contributed by atoms with Gasteiger partial charge in [-0.2, -0.15) is 5.10 Å². The molecule has 0 spiro atoms. The van der Waals surface area contributed by atoms with Crippen LogP contribution < -0.4 is 10.2 Å². The number of aryl methyl sites for hydroxylation is 1. The van der Waals surface area contributed by atoms with Crippen LogP contribution in [0.15, 0.2) is 70.4 Å². The van der Waals surface area contributed by atoms with Crippen molar-refractivity contribution in [1.29, 1.82) is 0 Å². The molecular weight excluding hydrogens is 330 g/mol. The van der Waals surface area contributed by atoms with Gasteiger partial charge in [0.15, 0.2) is 12.4 Å². The number of ether oxygens (including phenoxy) is 1. The van der Waals surface area contributed by atoms with E-state index in [9.17, 15) is 4.79 Å². The second-order valence-corrected chi connectivity index (χ2v) is 5.76. The molecule has 0 saturated heterocycles. The summed E-state index contributed by atoms with van der Waals surface area (Å²) in [5.74, 6) is 0.790. The number of carbonyl (C=O) groups is 1. The molecule has 0 atom stereocenters. The van der Waals surface area contributed by atoms with Gasteiger partial charge in [0.05, 0.1) is 17.5 Å². The highest BCUT2D eigenvalue weighted by Crippen LogP contribution is 2.30. The molecule has 3 aromatic rings. The van der Waals surface area contributed by atoms with Crippen molar-refractivity contribution in [3.8, 4) is 17.1 Å². The maximum Gasteiger partial charge on any atom is 0.277 e. The monoisotopic (exact) mass is 349 g/mol. The summed E-state index contributed by atoms with van der Waals surface area (Å²) in [6.45, 7) is 3.64. The van der Waals surface area contributed by atoms with Crippen LogP contribution in [0, 0.1) is 6.92 Å². The van der Waals surface area contributed by atoms with Crippen LogP contribution in [0.25, 0.3) is 11.3 Å². The van der Waals surface area contributed by atoms with E-state index in [4.69, 9.17) is 9.26 Å². The zero-order valence-corrected chi connectivity index (χ0v) is 14.6. The minimum absolute atomic E-state index is 0.157. The fraction of sp³-hybridized carbons (Fsp3) is 0.150. The van der Waals surface area contributed by atoms with E-state index in [0.29, 0.717) is 11.5 Å². The quantitative estimate of drug-likeness (QED) is 0.545. The Morgan fingerprint density at radius 2 is 2.00 bits per heavy atom. The summed E-state index contributed by atoms with van der Waals surface area (Å²) in [7, 11) is 0. The molecule has 0 radical (unpaired) electrons. The highest BCUT2D eigenvalue weighted by atomic mass is 16.5. The molecule has 132 valence electrons. The summed E-state index contributed by atoms with van der Waals surface area (Å²) in [5.41, 5.74) is 5.97. The van der Waals surface area contributed by atoms with Gasteiger partial charge in [0, 0.05) is 6.07 Å². The third-order valence-electron chi connectivity index (χ3n) is 3.74. The van der Waals surface area contributed by atoms with Crippen LogP contribution in [0.3, 0.4) is 0 Å². The summed E-state index contributed by atoms with van der Waals surface area (Å²) < 4.78 is 10.8. The van der Waals surface area contributed by atoms with Crippen molar-refractivity contribution >= 4 is 11.6 Å². The molecule has 1 amide bonds. The maximum absolute atomic E-state index is 12.0. The van der Waals surface area contributed by atoms with Gasteiger partial charge >= 0.3 is 0 Å². The molecule has 3 rings (SSSR count). The molecule has 1 heterocycles. The zero-order valence-electron chi connectivity index (χ0n) is 14.6. The second-order valence-electron chi connectivity index (χ2n) is 5.76. The lowest BCUT2D eigenvalue weighted by atomic mass is 10.1. The van der Waals surface area contributed by atoms with Gasteiger partial charge < -0.3 is 9.26 Å². The number of benzene rings is 2.